The first-order valence-corrected chi connectivity index (χ1v) is 7.00. The Morgan fingerprint density at radius 1 is 1.44 bits per heavy atom. The highest BCUT2D eigenvalue weighted by molar-refractivity contribution is 14.1. The molecule has 0 radical (unpaired) electrons. The lowest BCUT2D eigenvalue weighted by Gasteiger charge is -2.30. The molecule has 1 N–H and O–H groups in total. The lowest BCUT2D eigenvalue weighted by Crippen LogP contribution is -2.33. The molecule has 2 unspecified atom stereocenters. The van der Waals surface area contributed by atoms with Crippen molar-refractivity contribution in [1.82, 2.24) is 0 Å². The van der Waals surface area contributed by atoms with Crippen molar-refractivity contribution >= 4 is 28.3 Å². The standard InChI is InChI=1S/C13H18INO/c1-2-11-9-10(7-8-16-11)15-13-6-4-3-5-12(13)14/h3-6,10-11,15H,2,7-9H2,1H3. The van der Waals surface area contributed by atoms with E-state index in [1.165, 1.54) is 9.26 Å². The first kappa shape index (κ1) is 12.2. The number of hydrogen-bond acceptors (Lipinski definition) is 2. The van der Waals surface area contributed by atoms with Crippen LogP contribution in [0.15, 0.2) is 24.3 Å². The Morgan fingerprint density at radius 2 is 2.25 bits per heavy atom. The van der Waals surface area contributed by atoms with Crippen molar-refractivity contribution in [2.75, 3.05) is 11.9 Å². The van der Waals surface area contributed by atoms with E-state index in [4.69, 9.17) is 4.74 Å². The van der Waals surface area contributed by atoms with E-state index in [2.05, 4.69) is 59.1 Å². The average Bonchev–Trinajstić information content (AvgIpc) is 2.32. The first-order chi connectivity index (χ1) is 7.79. The van der Waals surface area contributed by atoms with Gasteiger partial charge in [0.1, 0.15) is 0 Å². The van der Waals surface area contributed by atoms with Gasteiger partial charge in [0, 0.05) is 21.9 Å². The molecular formula is C13H18INO. The smallest absolute Gasteiger partial charge is 0.0592 e. The second-order valence-corrected chi connectivity index (χ2v) is 5.41. The van der Waals surface area contributed by atoms with Crippen LogP contribution < -0.4 is 5.32 Å². The van der Waals surface area contributed by atoms with Gasteiger partial charge in [0.15, 0.2) is 0 Å². The summed E-state index contributed by atoms with van der Waals surface area (Å²) in [5.74, 6) is 0. The monoisotopic (exact) mass is 331 g/mol. The Morgan fingerprint density at radius 3 is 3.00 bits per heavy atom. The van der Waals surface area contributed by atoms with E-state index < -0.39 is 0 Å². The van der Waals surface area contributed by atoms with Gasteiger partial charge in [-0.25, -0.2) is 0 Å². The van der Waals surface area contributed by atoms with Crippen LogP contribution in [-0.2, 0) is 4.74 Å². The van der Waals surface area contributed by atoms with Crippen molar-refractivity contribution < 1.29 is 4.74 Å². The molecule has 88 valence electrons. The molecule has 16 heavy (non-hydrogen) atoms. The summed E-state index contributed by atoms with van der Waals surface area (Å²) in [7, 11) is 0. The molecule has 0 aromatic heterocycles. The highest BCUT2D eigenvalue weighted by Gasteiger charge is 2.21. The number of ether oxygens (including phenoxy) is 1. The molecule has 0 spiro atoms. The Kier molecular flexibility index (Phi) is 4.46. The van der Waals surface area contributed by atoms with Crippen molar-refractivity contribution in [1.29, 1.82) is 0 Å². The average molecular weight is 331 g/mol. The van der Waals surface area contributed by atoms with Gasteiger partial charge in [-0.1, -0.05) is 19.1 Å². The predicted molar refractivity (Wildman–Crippen MR) is 75.8 cm³/mol. The zero-order valence-corrected chi connectivity index (χ0v) is 11.7. The summed E-state index contributed by atoms with van der Waals surface area (Å²) in [5, 5.41) is 3.63. The number of para-hydroxylation sites is 1. The van der Waals surface area contributed by atoms with Crippen molar-refractivity contribution in [3.8, 4) is 0 Å². The zero-order chi connectivity index (χ0) is 11.4. The highest BCUT2D eigenvalue weighted by atomic mass is 127. The van der Waals surface area contributed by atoms with Gasteiger partial charge >= 0.3 is 0 Å². The highest BCUT2D eigenvalue weighted by Crippen LogP contribution is 2.23. The van der Waals surface area contributed by atoms with Crippen LogP contribution in [0.1, 0.15) is 26.2 Å². The summed E-state index contributed by atoms with van der Waals surface area (Å²) in [6.07, 6.45) is 3.79. The summed E-state index contributed by atoms with van der Waals surface area (Å²) in [5.41, 5.74) is 1.25. The predicted octanol–water partition coefficient (Wildman–Crippen LogP) is 3.66. The molecule has 2 atom stereocenters. The van der Waals surface area contributed by atoms with Gasteiger partial charge in [0.2, 0.25) is 0 Å². The van der Waals surface area contributed by atoms with Crippen LogP contribution in [0.5, 0.6) is 0 Å². The Bertz CT molecular complexity index is 342. The zero-order valence-electron chi connectivity index (χ0n) is 9.58. The number of benzene rings is 1. The summed E-state index contributed by atoms with van der Waals surface area (Å²) in [4.78, 5) is 0. The van der Waals surface area contributed by atoms with Gasteiger partial charge in [-0.3, -0.25) is 0 Å². The van der Waals surface area contributed by atoms with E-state index in [0.717, 1.165) is 25.9 Å². The maximum atomic E-state index is 5.68. The van der Waals surface area contributed by atoms with E-state index in [-0.39, 0.29) is 0 Å². The fourth-order valence-electron chi connectivity index (χ4n) is 2.09. The number of anilines is 1. The third-order valence-electron chi connectivity index (χ3n) is 3.06. The lowest BCUT2D eigenvalue weighted by atomic mass is 10.0. The minimum atomic E-state index is 0.438. The molecule has 1 aromatic carbocycles. The number of rotatable bonds is 3. The summed E-state index contributed by atoms with van der Waals surface area (Å²) < 4.78 is 6.97. The van der Waals surface area contributed by atoms with Crippen LogP contribution in [0.4, 0.5) is 5.69 Å². The van der Waals surface area contributed by atoms with E-state index in [1.807, 2.05) is 0 Å². The third kappa shape index (κ3) is 3.10. The van der Waals surface area contributed by atoms with Gasteiger partial charge in [-0.05, 0) is 54.0 Å². The van der Waals surface area contributed by atoms with Gasteiger partial charge in [0.05, 0.1) is 6.10 Å². The third-order valence-corrected chi connectivity index (χ3v) is 4.00. The molecule has 0 saturated carbocycles. The van der Waals surface area contributed by atoms with E-state index in [1.54, 1.807) is 0 Å². The second-order valence-electron chi connectivity index (χ2n) is 4.25. The number of halogens is 1. The van der Waals surface area contributed by atoms with Crippen LogP contribution in [0.2, 0.25) is 0 Å². The molecule has 3 heteroatoms. The van der Waals surface area contributed by atoms with Crippen LogP contribution >= 0.6 is 22.6 Å². The Labute approximate surface area is 111 Å². The molecule has 1 fully saturated rings. The quantitative estimate of drug-likeness (QED) is 0.854. The Balaban J connectivity index is 1.97. The van der Waals surface area contributed by atoms with Crippen molar-refractivity contribution in [3.63, 3.8) is 0 Å². The topological polar surface area (TPSA) is 21.3 Å². The molecule has 0 amide bonds. The van der Waals surface area contributed by atoms with Crippen molar-refractivity contribution in [3.05, 3.63) is 27.8 Å². The van der Waals surface area contributed by atoms with Gasteiger partial charge in [0.25, 0.3) is 0 Å². The van der Waals surface area contributed by atoms with E-state index >= 15 is 0 Å². The van der Waals surface area contributed by atoms with Crippen molar-refractivity contribution in [2.45, 2.75) is 38.3 Å². The number of nitrogens with one attached hydrogen (secondary N) is 1. The van der Waals surface area contributed by atoms with Gasteiger partial charge in [-0.2, -0.15) is 0 Å². The summed E-state index contributed by atoms with van der Waals surface area (Å²) >= 11 is 2.38. The minimum Gasteiger partial charge on any atom is -0.381 e. The SMILES string of the molecule is CCC1CC(Nc2ccccc2I)CCO1. The Hall–Kier alpha value is -0.290. The van der Waals surface area contributed by atoms with Gasteiger partial charge in [-0.15, -0.1) is 0 Å². The van der Waals surface area contributed by atoms with Crippen LogP contribution in [0.25, 0.3) is 0 Å². The number of hydrogen-bond donors (Lipinski definition) is 1. The van der Waals surface area contributed by atoms with Crippen molar-refractivity contribution in [2.24, 2.45) is 0 Å². The first-order valence-electron chi connectivity index (χ1n) is 5.92. The maximum absolute atomic E-state index is 5.68. The molecule has 1 saturated heterocycles. The van der Waals surface area contributed by atoms with E-state index in [9.17, 15) is 0 Å². The molecule has 1 heterocycles. The summed E-state index contributed by atoms with van der Waals surface area (Å²) in [6.45, 7) is 3.08. The van der Waals surface area contributed by atoms with Crippen LogP contribution in [0, 0.1) is 3.57 Å². The molecule has 1 aliphatic heterocycles. The maximum Gasteiger partial charge on any atom is 0.0592 e. The largest absolute Gasteiger partial charge is 0.381 e. The molecular weight excluding hydrogens is 313 g/mol. The van der Waals surface area contributed by atoms with E-state index in [0.29, 0.717) is 12.1 Å². The molecule has 0 aliphatic carbocycles. The van der Waals surface area contributed by atoms with Crippen LogP contribution in [0.3, 0.4) is 0 Å². The fraction of sp³-hybridized carbons (Fsp3) is 0.538. The molecule has 2 nitrogen and oxygen atoms in total. The normalized spacial score (nSPS) is 25.4. The molecule has 2 rings (SSSR count). The molecule has 0 bridgehead atoms. The minimum absolute atomic E-state index is 0.438. The summed E-state index contributed by atoms with van der Waals surface area (Å²) in [6, 6.07) is 9.01. The fourth-order valence-corrected chi connectivity index (χ4v) is 2.64. The van der Waals surface area contributed by atoms with Gasteiger partial charge < -0.3 is 10.1 Å². The van der Waals surface area contributed by atoms with Crippen LogP contribution in [-0.4, -0.2) is 18.8 Å². The second kappa shape index (κ2) is 5.87. The lowest BCUT2D eigenvalue weighted by molar-refractivity contribution is 0.00925. The molecule has 1 aliphatic rings. The molecule has 1 aromatic rings.